The lowest BCUT2D eigenvalue weighted by molar-refractivity contribution is -0.126. The Morgan fingerprint density at radius 1 is 1.36 bits per heavy atom. The van der Waals surface area contributed by atoms with Gasteiger partial charge in [-0.25, -0.2) is 12.7 Å². The average Bonchev–Trinajstić information content (AvgIpc) is 2.53. The molecule has 0 unspecified atom stereocenters. The number of benzene rings is 1. The van der Waals surface area contributed by atoms with Crippen molar-refractivity contribution in [1.82, 2.24) is 9.62 Å². The van der Waals surface area contributed by atoms with Gasteiger partial charge >= 0.3 is 0 Å². The highest BCUT2D eigenvalue weighted by atomic mass is 35.5. The fourth-order valence-corrected chi connectivity index (χ4v) is 3.90. The van der Waals surface area contributed by atoms with Crippen molar-refractivity contribution in [2.45, 2.75) is 26.3 Å². The Kier molecular flexibility index (Phi) is 5.83. The summed E-state index contributed by atoms with van der Waals surface area (Å²) in [6.45, 7) is 2.92. The molecule has 1 saturated heterocycles. The lowest BCUT2D eigenvalue weighted by Crippen LogP contribution is -2.43. The molecule has 22 heavy (non-hydrogen) atoms. The van der Waals surface area contributed by atoms with E-state index in [9.17, 15) is 13.2 Å². The molecule has 2 rings (SSSR count). The van der Waals surface area contributed by atoms with Crippen LogP contribution in [0.3, 0.4) is 0 Å². The second kappa shape index (κ2) is 7.44. The highest BCUT2D eigenvalue weighted by Gasteiger charge is 2.29. The lowest BCUT2D eigenvalue weighted by atomic mass is 9.97. The van der Waals surface area contributed by atoms with Gasteiger partial charge in [-0.1, -0.05) is 23.7 Å². The number of piperidine rings is 1. The van der Waals surface area contributed by atoms with Crippen LogP contribution in [0.2, 0.25) is 5.02 Å². The van der Waals surface area contributed by atoms with Crippen molar-refractivity contribution in [3.63, 3.8) is 0 Å². The highest BCUT2D eigenvalue weighted by molar-refractivity contribution is 7.89. The highest BCUT2D eigenvalue weighted by Crippen LogP contribution is 2.20. The van der Waals surface area contributed by atoms with E-state index in [1.165, 1.54) is 4.31 Å². The normalized spacial score (nSPS) is 17.4. The quantitative estimate of drug-likeness (QED) is 0.888. The van der Waals surface area contributed by atoms with Crippen molar-refractivity contribution in [3.8, 4) is 0 Å². The minimum atomic E-state index is -3.14. The Bertz CT molecular complexity index is 625. The molecular formula is C15H21ClN2O3S. The number of sulfonamides is 1. The molecule has 0 spiro atoms. The molecule has 5 nitrogen and oxygen atoms in total. The maximum absolute atomic E-state index is 12.2. The molecule has 0 atom stereocenters. The monoisotopic (exact) mass is 344 g/mol. The molecule has 1 fully saturated rings. The van der Waals surface area contributed by atoms with E-state index in [4.69, 9.17) is 11.6 Å². The number of carbonyl (C=O) groups excluding carboxylic acids is 1. The molecule has 0 bridgehead atoms. The predicted octanol–water partition coefficient (Wildman–Crippen LogP) is 2.02. The van der Waals surface area contributed by atoms with E-state index in [0.29, 0.717) is 37.5 Å². The Morgan fingerprint density at radius 3 is 2.64 bits per heavy atom. The number of hydrogen-bond donors (Lipinski definition) is 1. The van der Waals surface area contributed by atoms with Crippen molar-refractivity contribution in [3.05, 3.63) is 34.9 Å². The van der Waals surface area contributed by atoms with Gasteiger partial charge in [0.1, 0.15) is 0 Å². The van der Waals surface area contributed by atoms with Crippen LogP contribution in [0.15, 0.2) is 24.3 Å². The fourth-order valence-electron chi connectivity index (χ4n) is 2.56. The summed E-state index contributed by atoms with van der Waals surface area (Å²) < 4.78 is 25.1. The van der Waals surface area contributed by atoms with Crippen LogP contribution in [0.5, 0.6) is 0 Å². The van der Waals surface area contributed by atoms with Gasteiger partial charge in [0.25, 0.3) is 0 Å². The van der Waals surface area contributed by atoms with E-state index in [1.54, 1.807) is 13.0 Å². The summed E-state index contributed by atoms with van der Waals surface area (Å²) >= 11 is 5.91. The third kappa shape index (κ3) is 4.44. The van der Waals surface area contributed by atoms with E-state index < -0.39 is 10.0 Å². The summed E-state index contributed by atoms with van der Waals surface area (Å²) in [6.07, 6.45) is 1.14. The SMILES string of the molecule is CCS(=O)(=O)N1CCC(C(=O)NCc2cccc(Cl)c2)CC1. The molecular weight excluding hydrogens is 324 g/mol. The first-order chi connectivity index (χ1) is 10.4. The number of carbonyl (C=O) groups is 1. The number of halogens is 1. The topological polar surface area (TPSA) is 66.5 Å². The number of nitrogens with one attached hydrogen (secondary N) is 1. The van der Waals surface area contributed by atoms with E-state index in [0.717, 1.165) is 5.56 Å². The van der Waals surface area contributed by atoms with E-state index in [-0.39, 0.29) is 17.6 Å². The van der Waals surface area contributed by atoms with Crippen LogP contribution in [0.4, 0.5) is 0 Å². The van der Waals surface area contributed by atoms with Gasteiger partial charge in [0.15, 0.2) is 0 Å². The zero-order chi connectivity index (χ0) is 16.2. The van der Waals surface area contributed by atoms with E-state index in [2.05, 4.69) is 5.32 Å². The minimum absolute atomic E-state index is 0.0199. The summed E-state index contributed by atoms with van der Waals surface area (Å²) in [5, 5.41) is 3.54. The zero-order valence-corrected chi connectivity index (χ0v) is 14.2. The van der Waals surface area contributed by atoms with Crippen molar-refractivity contribution < 1.29 is 13.2 Å². The zero-order valence-electron chi connectivity index (χ0n) is 12.6. The van der Waals surface area contributed by atoms with Crippen LogP contribution in [-0.2, 0) is 21.4 Å². The molecule has 1 amide bonds. The van der Waals surface area contributed by atoms with Crippen LogP contribution in [-0.4, -0.2) is 37.5 Å². The first kappa shape index (κ1) is 17.2. The van der Waals surface area contributed by atoms with Crippen LogP contribution in [0.25, 0.3) is 0 Å². The van der Waals surface area contributed by atoms with Crippen molar-refractivity contribution in [1.29, 1.82) is 0 Å². The van der Waals surface area contributed by atoms with Crippen molar-refractivity contribution in [2.75, 3.05) is 18.8 Å². The van der Waals surface area contributed by atoms with Crippen LogP contribution in [0.1, 0.15) is 25.3 Å². The standard InChI is InChI=1S/C15H21ClN2O3S/c1-2-22(20,21)18-8-6-13(7-9-18)15(19)17-11-12-4-3-5-14(16)10-12/h3-5,10,13H,2,6-9,11H2,1H3,(H,17,19). The number of hydrogen-bond acceptors (Lipinski definition) is 3. The summed E-state index contributed by atoms with van der Waals surface area (Å²) in [5.74, 6) is -0.0328. The summed E-state index contributed by atoms with van der Waals surface area (Å²) in [7, 11) is -3.14. The molecule has 7 heteroatoms. The molecule has 0 saturated carbocycles. The molecule has 0 aromatic heterocycles. The van der Waals surface area contributed by atoms with Gasteiger partial charge in [-0.15, -0.1) is 0 Å². The van der Waals surface area contributed by atoms with Gasteiger partial charge in [0.05, 0.1) is 5.75 Å². The maximum Gasteiger partial charge on any atom is 0.223 e. The summed E-state index contributed by atoms with van der Waals surface area (Å²) in [4.78, 5) is 12.2. The first-order valence-electron chi connectivity index (χ1n) is 7.42. The Labute approximate surface area is 136 Å². The Morgan fingerprint density at radius 2 is 2.05 bits per heavy atom. The van der Waals surface area contributed by atoms with Gasteiger partial charge in [-0.05, 0) is 37.5 Å². The largest absolute Gasteiger partial charge is 0.352 e. The number of nitrogens with zero attached hydrogens (tertiary/aromatic N) is 1. The molecule has 0 aliphatic carbocycles. The molecule has 1 heterocycles. The van der Waals surface area contributed by atoms with E-state index in [1.807, 2.05) is 18.2 Å². The van der Waals surface area contributed by atoms with Gasteiger partial charge in [0, 0.05) is 30.6 Å². The Hall–Kier alpha value is -1.11. The lowest BCUT2D eigenvalue weighted by Gasteiger charge is -2.30. The van der Waals surface area contributed by atoms with E-state index >= 15 is 0 Å². The van der Waals surface area contributed by atoms with Gasteiger partial charge in [-0.2, -0.15) is 0 Å². The van der Waals surface area contributed by atoms with Gasteiger partial charge in [0.2, 0.25) is 15.9 Å². The minimum Gasteiger partial charge on any atom is -0.352 e. The molecule has 0 radical (unpaired) electrons. The first-order valence-corrected chi connectivity index (χ1v) is 9.41. The molecule has 122 valence electrons. The third-order valence-electron chi connectivity index (χ3n) is 3.94. The Balaban J connectivity index is 1.83. The fraction of sp³-hybridized carbons (Fsp3) is 0.533. The van der Waals surface area contributed by atoms with Crippen molar-refractivity contribution >= 4 is 27.5 Å². The summed E-state index contributed by atoms with van der Waals surface area (Å²) in [5.41, 5.74) is 0.951. The number of amides is 1. The molecule has 1 aromatic rings. The molecule has 1 aliphatic heterocycles. The second-order valence-corrected chi connectivity index (χ2v) is 8.12. The molecule has 1 aliphatic rings. The van der Waals surface area contributed by atoms with Gasteiger partial charge < -0.3 is 5.32 Å². The van der Waals surface area contributed by atoms with Gasteiger partial charge in [-0.3, -0.25) is 4.79 Å². The van der Waals surface area contributed by atoms with Crippen LogP contribution < -0.4 is 5.32 Å². The smallest absolute Gasteiger partial charge is 0.223 e. The molecule has 1 aromatic carbocycles. The van der Waals surface area contributed by atoms with Crippen molar-refractivity contribution in [2.24, 2.45) is 5.92 Å². The predicted molar refractivity (Wildman–Crippen MR) is 87.1 cm³/mol. The average molecular weight is 345 g/mol. The molecule has 1 N–H and O–H groups in total. The number of rotatable bonds is 5. The summed E-state index contributed by atoms with van der Waals surface area (Å²) in [6, 6.07) is 7.36. The third-order valence-corrected chi connectivity index (χ3v) is 6.06. The van der Waals surface area contributed by atoms with Crippen LogP contribution in [0, 0.1) is 5.92 Å². The maximum atomic E-state index is 12.2. The van der Waals surface area contributed by atoms with Crippen LogP contribution >= 0.6 is 11.6 Å². The second-order valence-electron chi connectivity index (χ2n) is 5.42.